The smallest absolute Gasteiger partial charge is 0.0628 e. The van der Waals surface area contributed by atoms with Crippen molar-refractivity contribution in [1.82, 2.24) is 0 Å². The van der Waals surface area contributed by atoms with Crippen LogP contribution in [-0.4, -0.2) is 5.75 Å². The molecule has 0 bridgehead atoms. The molecule has 18 heavy (non-hydrogen) atoms. The van der Waals surface area contributed by atoms with Gasteiger partial charge in [0.2, 0.25) is 0 Å². The van der Waals surface area contributed by atoms with Crippen molar-refractivity contribution in [3.8, 4) is 0 Å². The lowest BCUT2D eigenvalue weighted by molar-refractivity contribution is 0.837. The first kappa shape index (κ1) is 13.2. The van der Waals surface area contributed by atoms with E-state index in [2.05, 4.69) is 74.5 Å². The van der Waals surface area contributed by atoms with Crippen molar-refractivity contribution in [3.63, 3.8) is 0 Å². The van der Waals surface area contributed by atoms with Crippen LogP contribution in [0.4, 0.5) is 0 Å². The van der Waals surface area contributed by atoms with Crippen LogP contribution in [0.5, 0.6) is 0 Å². The SMILES string of the molecule is [CH2]CCSC(C)(c1ccccc1)c1ccccc1. The summed E-state index contributed by atoms with van der Waals surface area (Å²) < 4.78 is 0.0141. The molecule has 93 valence electrons. The van der Waals surface area contributed by atoms with E-state index >= 15 is 0 Å². The molecule has 0 atom stereocenters. The molecule has 0 saturated heterocycles. The Kier molecular flexibility index (Phi) is 4.48. The van der Waals surface area contributed by atoms with Crippen LogP contribution in [-0.2, 0) is 4.75 Å². The van der Waals surface area contributed by atoms with Crippen molar-refractivity contribution in [1.29, 1.82) is 0 Å². The predicted octanol–water partition coefficient (Wildman–Crippen LogP) is 4.91. The van der Waals surface area contributed by atoms with Crippen LogP contribution in [0.1, 0.15) is 24.5 Å². The van der Waals surface area contributed by atoms with Gasteiger partial charge in [0.25, 0.3) is 0 Å². The lowest BCUT2D eigenvalue weighted by Gasteiger charge is -2.30. The molecule has 2 rings (SSSR count). The van der Waals surface area contributed by atoms with Gasteiger partial charge in [-0.05, 0) is 30.2 Å². The van der Waals surface area contributed by atoms with E-state index in [-0.39, 0.29) is 4.75 Å². The molecule has 0 heterocycles. The van der Waals surface area contributed by atoms with Crippen molar-refractivity contribution in [2.24, 2.45) is 0 Å². The minimum atomic E-state index is 0.0141. The number of thioether (sulfide) groups is 1. The normalized spacial score (nSPS) is 11.4. The van der Waals surface area contributed by atoms with E-state index in [4.69, 9.17) is 0 Å². The van der Waals surface area contributed by atoms with Crippen molar-refractivity contribution < 1.29 is 0 Å². The molecule has 0 saturated carbocycles. The summed E-state index contributed by atoms with van der Waals surface area (Å²) in [5.41, 5.74) is 2.71. The van der Waals surface area contributed by atoms with E-state index in [0.717, 1.165) is 12.2 Å². The van der Waals surface area contributed by atoms with Crippen LogP contribution < -0.4 is 0 Å². The van der Waals surface area contributed by atoms with Crippen molar-refractivity contribution >= 4 is 11.8 Å². The second kappa shape index (κ2) is 6.10. The summed E-state index contributed by atoms with van der Waals surface area (Å²) in [6.45, 7) is 6.26. The van der Waals surface area contributed by atoms with Gasteiger partial charge in [0, 0.05) is 0 Å². The number of hydrogen-bond acceptors (Lipinski definition) is 1. The zero-order valence-corrected chi connectivity index (χ0v) is 11.6. The highest BCUT2D eigenvalue weighted by molar-refractivity contribution is 8.00. The molecule has 0 fully saturated rings. The summed E-state index contributed by atoms with van der Waals surface area (Å²) in [4.78, 5) is 0. The van der Waals surface area contributed by atoms with E-state index < -0.39 is 0 Å². The minimum Gasteiger partial charge on any atom is -0.146 e. The van der Waals surface area contributed by atoms with Crippen LogP contribution in [0, 0.1) is 6.92 Å². The van der Waals surface area contributed by atoms with Crippen molar-refractivity contribution in [3.05, 3.63) is 78.7 Å². The fourth-order valence-corrected chi connectivity index (χ4v) is 3.28. The summed E-state index contributed by atoms with van der Waals surface area (Å²) in [6, 6.07) is 21.4. The van der Waals surface area contributed by atoms with E-state index in [1.54, 1.807) is 0 Å². The monoisotopic (exact) mass is 255 g/mol. The Labute approximate surface area is 114 Å². The summed E-state index contributed by atoms with van der Waals surface area (Å²) in [5, 5.41) is 0. The average Bonchev–Trinajstić information content (AvgIpc) is 2.46. The molecule has 0 aromatic heterocycles. The lowest BCUT2D eigenvalue weighted by atomic mass is 9.92. The zero-order valence-electron chi connectivity index (χ0n) is 10.8. The standard InChI is InChI=1S/C17H19S/c1-3-14-18-17(2,15-10-6-4-7-11-15)16-12-8-5-9-13-16/h4-13H,1,3,14H2,2H3. The predicted molar refractivity (Wildman–Crippen MR) is 81.8 cm³/mol. The molecule has 0 nitrogen and oxygen atoms in total. The maximum atomic E-state index is 3.96. The van der Waals surface area contributed by atoms with Gasteiger partial charge in [0.05, 0.1) is 4.75 Å². The van der Waals surface area contributed by atoms with Gasteiger partial charge in [-0.3, -0.25) is 0 Å². The summed E-state index contributed by atoms with van der Waals surface area (Å²) in [5.74, 6) is 1.07. The van der Waals surface area contributed by atoms with Crippen LogP contribution in [0.3, 0.4) is 0 Å². The lowest BCUT2D eigenvalue weighted by Crippen LogP contribution is -2.19. The third kappa shape index (κ3) is 2.78. The zero-order chi connectivity index (χ0) is 12.8. The van der Waals surface area contributed by atoms with Gasteiger partial charge in [-0.1, -0.05) is 67.6 Å². The summed E-state index contributed by atoms with van der Waals surface area (Å²) in [6.07, 6.45) is 0.958. The molecule has 2 aromatic rings. The third-order valence-corrected chi connectivity index (χ3v) is 4.73. The fraction of sp³-hybridized carbons (Fsp3) is 0.235. The van der Waals surface area contributed by atoms with E-state index in [1.807, 2.05) is 11.8 Å². The molecule has 0 spiro atoms. The summed E-state index contributed by atoms with van der Waals surface area (Å²) in [7, 11) is 0. The Morgan fingerprint density at radius 1 is 0.889 bits per heavy atom. The maximum absolute atomic E-state index is 3.96. The molecule has 0 unspecified atom stereocenters. The van der Waals surface area contributed by atoms with Gasteiger partial charge in [-0.15, -0.1) is 11.8 Å². The van der Waals surface area contributed by atoms with Gasteiger partial charge >= 0.3 is 0 Å². The quantitative estimate of drug-likeness (QED) is 0.731. The molecule has 0 aliphatic carbocycles. The molecule has 0 aliphatic heterocycles. The highest BCUT2D eigenvalue weighted by Gasteiger charge is 2.28. The molecule has 0 N–H and O–H groups in total. The number of benzene rings is 2. The number of rotatable bonds is 5. The minimum absolute atomic E-state index is 0.0141. The first-order chi connectivity index (χ1) is 8.77. The topological polar surface area (TPSA) is 0 Å². The largest absolute Gasteiger partial charge is 0.146 e. The van der Waals surface area contributed by atoms with Crippen LogP contribution in [0.15, 0.2) is 60.7 Å². The van der Waals surface area contributed by atoms with Gasteiger partial charge in [-0.25, -0.2) is 0 Å². The average molecular weight is 255 g/mol. The van der Waals surface area contributed by atoms with Crippen molar-refractivity contribution in [2.45, 2.75) is 18.1 Å². The van der Waals surface area contributed by atoms with Gasteiger partial charge < -0.3 is 0 Å². The Hall–Kier alpha value is -1.21. The highest BCUT2D eigenvalue weighted by atomic mass is 32.2. The van der Waals surface area contributed by atoms with Crippen LogP contribution in [0.25, 0.3) is 0 Å². The van der Waals surface area contributed by atoms with E-state index in [0.29, 0.717) is 0 Å². The Morgan fingerprint density at radius 2 is 1.33 bits per heavy atom. The molecule has 2 aromatic carbocycles. The Bertz CT molecular complexity index is 422. The van der Waals surface area contributed by atoms with Gasteiger partial charge in [0.1, 0.15) is 0 Å². The Morgan fingerprint density at radius 3 is 1.72 bits per heavy atom. The highest BCUT2D eigenvalue weighted by Crippen LogP contribution is 2.42. The molecule has 1 heteroatoms. The van der Waals surface area contributed by atoms with Crippen molar-refractivity contribution in [2.75, 3.05) is 5.75 Å². The maximum Gasteiger partial charge on any atom is 0.0628 e. The molecule has 0 amide bonds. The van der Waals surface area contributed by atoms with E-state index in [9.17, 15) is 0 Å². The molecular weight excluding hydrogens is 236 g/mol. The van der Waals surface area contributed by atoms with Crippen LogP contribution >= 0.6 is 11.8 Å². The number of hydrogen-bond donors (Lipinski definition) is 0. The Balaban J connectivity index is 2.41. The molecular formula is C17H19S. The summed E-state index contributed by atoms with van der Waals surface area (Å²) >= 11 is 1.97. The van der Waals surface area contributed by atoms with Gasteiger partial charge in [-0.2, -0.15) is 0 Å². The van der Waals surface area contributed by atoms with Gasteiger partial charge in [0.15, 0.2) is 0 Å². The fourth-order valence-electron chi connectivity index (χ4n) is 2.12. The molecule has 1 radical (unpaired) electrons. The second-order valence-electron chi connectivity index (χ2n) is 4.47. The molecule has 0 aliphatic rings. The third-order valence-electron chi connectivity index (χ3n) is 3.18. The first-order valence-corrected chi connectivity index (χ1v) is 7.30. The second-order valence-corrected chi connectivity index (χ2v) is 5.98. The first-order valence-electron chi connectivity index (χ1n) is 6.31. The van der Waals surface area contributed by atoms with E-state index in [1.165, 1.54) is 11.1 Å². The van der Waals surface area contributed by atoms with Crippen LogP contribution in [0.2, 0.25) is 0 Å².